The second kappa shape index (κ2) is 6.64. The minimum Gasteiger partial charge on any atom is -0.495 e. The van der Waals surface area contributed by atoms with Gasteiger partial charge in [-0.15, -0.1) is 0 Å². The number of hydrogen-bond donors (Lipinski definition) is 0. The molecule has 0 aromatic heterocycles. The largest absolute Gasteiger partial charge is 0.495 e. The lowest BCUT2D eigenvalue weighted by Crippen LogP contribution is -2.38. The molecule has 2 aliphatic rings. The highest BCUT2D eigenvalue weighted by atomic mass is 32.2. The van der Waals surface area contributed by atoms with E-state index in [9.17, 15) is 13.2 Å². The lowest BCUT2D eigenvalue weighted by atomic mass is 10.1. The normalized spacial score (nSPS) is 26.3. The molecule has 1 amide bonds. The van der Waals surface area contributed by atoms with E-state index in [1.165, 1.54) is 11.8 Å². The molecule has 0 radical (unpaired) electrons. The predicted molar refractivity (Wildman–Crippen MR) is 101 cm³/mol. The lowest BCUT2D eigenvalue weighted by molar-refractivity contribution is -0.120. The van der Waals surface area contributed by atoms with E-state index in [1.807, 2.05) is 30.0 Å². The minimum atomic E-state index is -3.09. The van der Waals surface area contributed by atoms with E-state index in [0.717, 1.165) is 11.3 Å². The van der Waals surface area contributed by atoms with Gasteiger partial charge in [-0.2, -0.15) is 4.99 Å². The summed E-state index contributed by atoms with van der Waals surface area (Å²) in [5.74, 6) is 0.403. The molecule has 0 spiro atoms. The monoisotopic (exact) mass is 382 g/mol. The van der Waals surface area contributed by atoms with Gasteiger partial charge in [-0.25, -0.2) is 8.42 Å². The van der Waals surface area contributed by atoms with E-state index in [0.29, 0.717) is 10.9 Å². The number of rotatable bonds is 3. The summed E-state index contributed by atoms with van der Waals surface area (Å²) in [7, 11) is -1.51. The third-order valence-corrected chi connectivity index (χ3v) is 7.57. The number of benzene rings is 1. The van der Waals surface area contributed by atoms with Gasteiger partial charge in [0.25, 0.3) is 5.91 Å². The molecule has 8 heteroatoms. The first-order chi connectivity index (χ1) is 11.7. The highest BCUT2D eigenvalue weighted by Crippen LogP contribution is 2.44. The van der Waals surface area contributed by atoms with Crippen molar-refractivity contribution in [1.82, 2.24) is 0 Å². The number of amides is 1. The van der Waals surface area contributed by atoms with Crippen LogP contribution in [0.2, 0.25) is 0 Å². The van der Waals surface area contributed by atoms with E-state index in [-0.39, 0.29) is 34.6 Å². The number of amidine groups is 1. The van der Waals surface area contributed by atoms with Crippen LogP contribution in [0.15, 0.2) is 23.2 Å². The van der Waals surface area contributed by atoms with Crippen molar-refractivity contribution in [3.63, 3.8) is 0 Å². The van der Waals surface area contributed by atoms with Crippen LogP contribution in [0.3, 0.4) is 0 Å². The molecule has 0 N–H and O–H groups in total. The van der Waals surface area contributed by atoms with Crippen LogP contribution in [0.25, 0.3) is 0 Å². The predicted octanol–water partition coefficient (Wildman–Crippen LogP) is 2.26. The molecule has 1 aromatic carbocycles. The molecule has 0 saturated carbocycles. The number of thioether (sulfide) groups is 1. The molecule has 0 bridgehead atoms. The molecule has 0 aliphatic carbocycles. The van der Waals surface area contributed by atoms with Crippen molar-refractivity contribution in [2.24, 2.45) is 10.9 Å². The summed E-state index contributed by atoms with van der Waals surface area (Å²) in [6.07, 6.45) is 0. The van der Waals surface area contributed by atoms with Gasteiger partial charge in [0.2, 0.25) is 0 Å². The molecule has 2 heterocycles. The van der Waals surface area contributed by atoms with Gasteiger partial charge in [0.15, 0.2) is 15.0 Å². The summed E-state index contributed by atoms with van der Waals surface area (Å²) in [4.78, 5) is 18.3. The van der Waals surface area contributed by atoms with Crippen molar-refractivity contribution in [3.05, 3.63) is 23.8 Å². The number of sulfone groups is 1. The Morgan fingerprint density at radius 1 is 1.36 bits per heavy atom. The number of anilines is 1. The zero-order valence-corrected chi connectivity index (χ0v) is 16.4. The van der Waals surface area contributed by atoms with Crippen LogP contribution in [-0.2, 0) is 14.6 Å². The van der Waals surface area contributed by atoms with Crippen LogP contribution in [0.4, 0.5) is 5.69 Å². The quantitative estimate of drug-likeness (QED) is 0.798. The third-order valence-electron chi connectivity index (χ3n) is 4.36. The highest BCUT2D eigenvalue weighted by Gasteiger charge is 2.50. The van der Waals surface area contributed by atoms with E-state index in [2.05, 4.69) is 4.99 Å². The summed E-state index contributed by atoms with van der Waals surface area (Å²) in [6.45, 7) is 5.56. The summed E-state index contributed by atoms with van der Waals surface area (Å²) in [5.41, 5.74) is 1.79. The number of carbonyl (C=O) groups excluding carboxylic acids is 1. The molecule has 2 atom stereocenters. The Morgan fingerprint density at radius 2 is 2.08 bits per heavy atom. The van der Waals surface area contributed by atoms with Gasteiger partial charge in [0, 0.05) is 11.2 Å². The zero-order valence-electron chi connectivity index (χ0n) is 14.7. The Hall–Kier alpha value is -1.54. The third kappa shape index (κ3) is 3.55. The number of aliphatic imine (C=N–C) groups is 1. The van der Waals surface area contributed by atoms with Gasteiger partial charge in [-0.05, 0) is 24.6 Å². The highest BCUT2D eigenvalue weighted by molar-refractivity contribution is 8.16. The Kier molecular flexibility index (Phi) is 4.85. The Labute approximate surface area is 152 Å². The number of aryl methyl sites for hydroxylation is 1. The van der Waals surface area contributed by atoms with Gasteiger partial charge >= 0.3 is 0 Å². The standard InChI is InChI=1S/C17H22N2O4S2/c1-10(2)16(20)18-17-19(12-7-11(3)5-6-14(12)23-4)13-8-25(21,22)9-15(13)24-17/h5-7,10,13,15H,8-9H2,1-4H3/t13-,15-/m0/s1. The molecule has 25 heavy (non-hydrogen) atoms. The second-order valence-corrected chi connectivity index (χ2v) is 10.1. The zero-order chi connectivity index (χ0) is 18.4. The van der Waals surface area contributed by atoms with Crippen molar-refractivity contribution in [3.8, 4) is 5.75 Å². The summed E-state index contributed by atoms with van der Waals surface area (Å²) >= 11 is 1.38. The fourth-order valence-corrected chi connectivity index (χ4v) is 6.97. The molecule has 2 saturated heterocycles. The van der Waals surface area contributed by atoms with Crippen LogP contribution in [0.5, 0.6) is 5.75 Å². The van der Waals surface area contributed by atoms with E-state index < -0.39 is 9.84 Å². The van der Waals surface area contributed by atoms with Crippen LogP contribution < -0.4 is 9.64 Å². The van der Waals surface area contributed by atoms with Gasteiger partial charge in [0.05, 0.1) is 30.3 Å². The van der Waals surface area contributed by atoms with Gasteiger partial charge < -0.3 is 9.64 Å². The number of hydrogen-bond acceptors (Lipinski definition) is 5. The maximum Gasteiger partial charge on any atom is 0.250 e. The van der Waals surface area contributed by atoms with Crippen LogP contribution in [0, 0.1) is 12.8 Å². The Balaban J connectivity index is 2.10. The fourth-order valence-electron chi connectivity index (χ4n) is 3.06. The molecule has 1 aromatic rings. The molecule has 136 valence electrons. The van der Waals surface area contributed by atoms with E-state index in [4.69, 9.17) is 4.74 Å². The number of carbonyl (C=O) groups is 1. The fraction of sp³-hybridized carbons (Fsp3) is 0.529. The van der Waals surface area contributed by atoms with Crippen LogP contribution >= 0.6 is 11.8 Å². The van der Waals surface area contributed by atoms with Gasteiger partial charge in [0.1, 0.15) is 5.75 Å². The average molecular weight is 383 g/mol. The van der Waals surface area contributed by atoms with Gasteiger partial charge in [-0.1, -0.05) is 31.7 Å². The topological polar surface area (TPSA) is 76.0 Å². The van der Waals surface area contributed by atoms with Crippen molar-refractivity contribution in [2.45, 2.75) is 32.1 Å². The molecular weight excluding hydrogens is 360 g/mol. The first-order valence-electron chi connectivity index (χ1n) is 8.15. The molecule has 6 nitrogen and oxygen atoms in total. The van der Waals surface area contributed by atoms with Crippen molar-refractivity contribution >= 4 is 38.4 Å². The van der Waals surface area contributed by atoms with Crippen molar-refractivity contribution in [2.75, 3.05) is 23.5 Å². The maximum atomic E-state index is 12.2. The number of nitrogens with zero attached hydrogens (tertiary/aromatic N) is 2. The van der Waals surface area contributed by atoms with E-state index >= 15 is 0 Å². The van der Waals surface area contributed by atoms with Crippen molar-refractivity contribution < 1.29 is 17.9 Å². The number of ether oxygens (including phenoxy) is 1. The molecule has 2 fully saturated rings. The number of fused-ring (bicyclic) bond motifs is 1. The van der Waals surface area contributed by atoms with Gasteiger partial charge in [-0.3, -0.25) is 4.79 Å². The Morgan fingerprint density at radius 3 is 2.72 bits per heavy atom. The van der Waals surface area contributed by atoms with Crippen LogP contribution in [0.1, 0.15) is 19.4 Å². The molecule has 2 aliphatic heterocycles. The first-order valence-corrected chi connectivity index (χ1v) is 10.9. The smallest absolute Gasteiger partial charge is 0.250 e. The maximum absolute atomic E-state index is 12.2. The summed E-state index contributed by atoms with van der Waals surface area (Å²) < 4.78 is 29.7. The minimum absolute atomic E-state index is 0.0661. The van der Waals surface area contributed by atoms with E-state index in [1.54, 1.807) is 21.0 Å². The van der Waals surface area contributed by atoms with Crippen LogP contribution in [-0.4, -0.2) is 49.4 Å². The summed E-state index contributed by atoms with van der Waals surface area (Å²) in [5, 5.41) is 0.446. The number of methoxy groups -OCH3 is 1. The van der Waals surface area contributed by atoms with Crippen molar-refractivity contribution in [1.29, 1.82) is 0 Å². The Bertz CT molecular complexity index is 833. The molecule has 0 unspecified atom stereocenters. The SMILES string of the molecule is COc1ccc(C)cc1N1C(=NC(=O)C(C)C)S[C@H]2CS(=O)(=O)C[C@@H]21. The second-order valence-electron chi connectivity index (χ2n) is 6.73. The summed E-state index contributed by atoms with van der Waals surface area (Å²) in [6, 6.07) is 5.50. The first kappa shape index (κ1) is 18.3. The molecule has 3 rings (SSSR count). The average Bonchev–Trinajstić information content (AvgIpc) is 2.97. The lowest BCUT2D eigenvalue weighted by Gasteiger charge is -2.26. The molecular formula is C17H22N2O4S2.